The van der Waals surface area contributed by atoms with Crippen molar-refractivity contribution in [3.8, 4) is 0 Å². The summed E-state index contributed by atoms with van der Waals surface area (Å²) in [5.74, 6) is 0. The van der Waals surface area contributed by atoms with Crippen molar-refractivity contribution >= 4 is 8.07 Å². The zero-order valence-corrected chi connectivity index (χ0v) is 6.33. The third-order valence-electron chi connectivity index (χ3n) is 1.50. The van der Waals surface area contributed by atoms with Crippen LogP contribution in [0.25, 0.3) is 0 Å². The lowest BCUT2D eigenvalue weighted by molar-refractivity contribution is 1.29. The summed E-state index contributed by atoms with van der Waals surface area (Å²) < 4.78 is 0. The fourth-order valence-electron chi connectivity index (χ4n) is 0.250. The van der Waals surface area contributed by atoms with Gasteiger partial charge in [0.15, 0.2) is 0 Å². The summed E-state index contributed by atoms with van der Waals surface area (Å²) in [7, 11) is -1.15. The van der Waals surface area contributed by atoms with Gasteiger partial charge in [0.1, 0.15) is 0 Å². The maximum atomic E-state index is 4.03. The van der Waals surface area contributed by atoms with Gasteiger partial charge in [0.25, 0.3) is 0 Å². The van der Waals surface area contributed by atoms with Crippen LogP contribution in [0.15, 0.2) is 0 Å². The lowest BCUT2D eigenvalue weighted by atomic mass is 10.9. The van der Waals surface area contributed by atoms with E-state index in [0.717, 1.165) is 0 Å². The summed E-state index contributed by atoms with van der Waals surface area (Å²) in [5.41, 5.74) is 0. The van der Waals surface area contributed by atoms with E-state index in [1.54, 1.807) is 0 Å². The van der Waals surface area contributed by atoms with Crippen molar-refractivity contribution in [2.75, 3.05) is 0 Å². The molecule has 7 heavy (non-hydrogen) atoms. The molecule has 42 valence electrons. The van der Waals surface area contributed by atoms with Crippen LogP contribution in [0.2, 0.25) is 12.1 Å². The minimum Gasteiger partial charge on any atom is -0.0678 e. The highest BCUT2D eigenvalue weighted by molar-refractivity contribution is 6.83. The molecule has 0 spiro atoms. The number of hydrogen-bond acceptors (Lipinski definition) is 0. The van der Waals surface area contributed by atoms with Crippen LogP contribution in [0.5, 0.6) is 0 Å². The second-order valence-electron chi connectivity index (χ2n) is 2.21. The average molecular weight is 114 g/mol. The van der Waals surface area contributed by atoms with Gasteiger partial charge in [-0.1, -0.05) is 39.0 Å². The van der Waals surface area contributed by atoms with E-state index in [1.807, 2.05) is 0 Å². The van der Waals surface area contributed by atoms with E-state index in [4.69, 9.17) is 0 Å². The van der Waals surface area contributed by atoms with Gasteiger partial charge in [-0.25, -0.2) is 0 Å². The van der Waals surface area contributed by atoms with Crippen molar-refractivity contribution < 1.29 is 0 Å². The third-order valence-corrected chi connectivity index (χ3v) is 4.50. The molecule has 0 aliphatic rings. The molecule has 2 radical (unpaired) electrons. The first-order valence-corrected chi connectivity index (χ1v) is 5.66. The zero-order chi connectivity index (χ0) is 5.91. The van der Waals surface area contributed by atoms with Crippen LogP contribution in [-0.4, -0.2) is 8.07 Å². The Morgan fingerprint density at radius 1 is 1.14 bits per heavy atom. The average Bonchev–Trinajstić information content (AvgIpc) is 1.68. The van der Waals surface area contributed by atoms with Gasteiger partial charge < -0.3 is 0 Å². The van der Waals surface area contributed by atoms with Gasteiger partial charge in [0.05, 0.1) is 8.07 Å². The second-order valence-corrected chi connectivity index (χ2v) is 6.62. The zero-order valence-electron chi connectivity index (χ0n) is 5.33. The van der Waals surface area contributed by atoms with E-state index in [-0.39, 0.29) is 0 Å². The summed E-state index contributed by atoms with van der Waals surface area (Å²) in [4.78, 5) is 0. The van der Waals surface area contributed by atoms with E-state index in [9.17, 15) is 0 Å². The molecule has 0 rings (SSSR count). The van der Waals surface area contributed by atoms with Crippen LogP contribution in [0.1, 0.15) is 13.8 Å². The van der Waals surface area contributed by atoms with E-state index in [0.29, 0.717) is 0 Å². The summed E-state index contributed by atoms with van der Waals surface area (Å²) in [5, 5.41) is 0. The van der Waals surface area contributed by atoms with Gasteiger partial charge in [-0.15, -0.1) is 0 Å². The Kier molecular flexibility index (Phi) is 2.58. The summed E-state index contributed by atoms with van der Waals surface area (Å²) in [6, 6.07) is 2.42. The molecule has 0 aliphatic carbocycles. The Balaban J connectivity index is 3.36. The summed E-state index contributed by atoms with van der Waals surface area (Å²) in [6.07, 6.45) is 0. The molecule has 1 heteroatoms. The quantitative estimate of drug-likeness (QED) is 0.483. The van der Waals surface area contributed by atoms with E-state index >= 15 is 0 Å². The molecule has 0 aliphatic heterocycles. The SMILES string of the molecule is [CH2][Si]([CH2])(CC)CC. The smallest absolute Gasteiger partial charge is 0.0524 e. The fraction of sp³-hybridized carbons (Fsp3) is 0.667. The van der Waals surface area contributed by atoms with Crippen molar-refractivity contribution in [3.63, 3.8) is 0 Å². The van der Waals surface area contributed by atoms with Gasteiger partial charge in [-0.2, -0.15) is 0 Å². The van der Waals surface area contributed by atoms with Crippen LogP contribution in [-0.2, 0) is 0 Å². The predicted octanol–water partition coefficient (Wildman–Crippen LogP) is 2.22. The topological polar surface area (TPSA) is 0 Å². The number of hydrogen-bond donors (Lipinski definition) is 0. The van der Waals surface area contributed by atoms with Gasteiger partial charge in [-0.05, 0) is 0 Å². The Labute approximate surface area is 47.9 Å². The molecular weight excluding hydrogens is 100 g/mol. The molecule has 0 aromatic carbocycles. The van der Waals surface area contributed by atoms with Crippen LogP contribution >= 0.6 is 0 Å². The number of rotatable bonds is 2. The molecule has 0 aromatic heterocycles. The Morgan fingerprint density at radius 3 is 1.43 bits per heavy atom. The normalized spacial score (nSPS) is 12.0. The highest BCUT2D eigenvalue weighted by Crippen LogP contribution is 2.09. The minimum atomic E-state index is -1.15. The van der Waals surface area contributed by atoms with Crippen LogP contribution < -0.4 is 0 Å². The summed E-state index contributed by atoms with van der Waals surface area (Å²) in [6.45, 7) is 12.4. The first kappa shape index (κ1) is 7.22. The maximum absolute atomic E-state index is 4.03. The second kappa shape index (κ2) is 2.51. The molecular formula is C6H14Si. The predicted molar refractivity (Wildman–Crippen MR) is 37.4 cm³/mol. The van der Waals surface area contributed by atoms with Crippen LogP contribution in [0, 0.1) is 13.1 Å². The van der Waals surface area contributed by atoms with Gasteiger partial charge in [0, 0.05) is 0 Å². The minimum absolute atomic E-state index is 1.15. The molecule has 0 amide bonds. The molecule has 0 heterocycles. The maximum Gasteiger partial charge on any atom is 0.0524 e. The lowest BCUT2D eigenvalue weighted by Gasteiger charge is -2.15. The first-order chi connectivity index (χ1) is 3.12. The van der Waals surface area contributed by atoms with E-state index in [2.05, 4.69) is 26.9 Å². The van der Waals surface area contributed by atoms with Crippen molar-refractivity contribution in [1.82, 2.24) is 0 Å². The molecule has 0 fully saturated rings. The van der Waals surface area contributed by atoms with Crippen molar-refractivity contribution in [1.29, 1.82) is 0 Å². The van der Waals surface area contributed by atoms with E-state index in [1.165, 1.54) is 12.1 Å². The van der Waals surface area contributed by atoms with Crippen molar-refractivity contribution in [3.05, 3.63) is 13.1 Å². The summed E-state index contributed by atoms with van der Waals surface area (Å²) >= 11 is 0. The fourth-order valence-corrected chi connectivity index (χ4v) is 0.750. The Morgan fingerprint density at radius 2 is 1.43 bits per heavy atom. The largest absolute Gasteiger partial charge is 0.0678 e. The monoisotopic (exact) mass is 114 g/mol. The third kappa shape index (κ3) is 2.86. The highest BCUT2D eigenvalue weighted by Gasteiger charge is 2.13. The van der Waals surface area contributed by atoms with Gasteiger partial charge in [-0.3, -0.25) is 0 Å². The molecule has 0 saturated heterocycles. The molecule has 0 atom stereocenters. The standard InChI is InChI=1S/C6H14Si/c1-5-7(3,4)6-2/h3-6H2,1-2H3. The van der Waals surface area contributed by atoms with Gasteiger partial charge in [0.2, 0.25) is 0 Å². The molecule has 0 saturated carbocycles. The molecule has 0 unspecified atom stereocenters. The van der Waals surface area contributed by atoms with Crippen molar-refractivity contribution in [2.45, 2.75) is 25.9 Å². The molecule has 0 nitrogen and oxygen atoms in total. The van der Waals surface area contributed by atoms with E-state index < -0.39 is 8.07 Å². The van der Waals surface area contributed by atoms with Crippen LogP contribution in [0.3, 0.4) is 0 Å². The first-order valence-electron chi connectivity index (χ1n) is 2.83. The highest BCUT2D eigenvalue weighted by atomic mass is 28.3. The Bertz CT molecular complexity index is 42.1. The van der Waals surface area contributed by atoms with Crippen LogP contribution in [0.4, 0.5) is 0 Å². The molecule has 0 aromatic rings. The Hall–Kier alpha value is 0.217. The van der Waals surface area contributed by atoms with Crippen molar-refractivity contribution in [2.24, 2.45) is 0 Å². The molecule has 0 N–H and O–H groups in total. The van der Waals surface area contributed by atoms with Gasteiger partial charge >= 0.3 is 0 Å². The molecule has 0 bridgehead atoms. The lowest BCUT2D eigenvalue weighted by Crippen LogP contribution is -2.23.